The number of rotatable bonds is 8. The van der Waals surface area contributed by atoms with Crippen LogP contribution in [0.3, 0.4) is 0 Å². The minimum Gasteiger partial charge on any atom is -0.443 e. The molecule has 0 unspecified atom stereocenters. The molecule has 0 spiro atoms. The number of sulfonamides is 1. The topological polar surface area (TPSA) is 71.3 Å². The van der Waals surface area contributed by atoms with Crippen molar-refractivity contribution in [3.8, 4) is 0 Å². The van der Waals surface area contributed by atoms with E-state index in [1.165, 1.54) is 38.2 Å². The molecule has 0 aliphatic heterocycles. The molecule has 2 N–H and O–H groups in total. The highest BCUT2D eigenvalue weighted by Crippen LogP contribution is 2.29. The highest BCUT2D eigenvalue weighted by Gasteiger charge is 2.21. The molecule has 0 saturated heterocycles. The zero-order chi connectivity index (χ0) is 21.8. The molecule has 0 bridgehead atoms. The average molecular weight is 461 g/mol. The maximum Gasteiger partial charge on any atom is 0.295 e. The van der Waals surface area contributed by atoms with Crippen LogP contribution in [0.2, 0.25) is 5.02 Å². The summed E-state index contributed by atoms with van der Waals surface area (Å²) in [6.07, 6.45) is 7.86. The van der Waals surface area contributed by atoms with Crippen LogP contribution in [0, 0.1) is 5.92 Å². The van der Waals surface area contributed by atoms with Gasteiger partial charge in [0.1, 0.15) is 5.58 Å². The van der Waals surface area contributed by atoms with E-state index < -0.39 is 10.0 Å². The van der Waals surface area contributed by atoms with Gasteiger partial charge in [-0.1, -0.05) is 61.9 Å². The van der Waals surface area contributed by atoms with Crippen LogP contribution in [0.5, 0.6) is 0 Å². The Morgan fingerprint density at radius 1 is 1.10 bits per heavy atom. The Morgan fingerprint density at radius 3 is 2.68 bits per heavy atom. The van der Waals surface area contributed by atoms with E-state index in [1.807, 2.05) is 18.2 Å². The fourth-order valence-electron chi connectivity index (χ4n) is 4.38. The molecule has 4 rings (SSSR count). The average Bonchev–Trinajstić information content (AvgIpc) is 3.18. The van der Waals surface area contributed by atoms with E-state index in [0.29, 0.717) is 34.3 Å². The third kappa shape index (κ3) is 5.62. The van der Waals surface area contributed by atoms with Gasteiger partial charge in [-0.3, -0.25) is 4.72 Å². The van der Waals surface area contributed by atoms with E-state index in [4.69, 9.17) is 16.0 Å². The maximum atomic E-state index is 13.0. The number of benzene rings is 2. The summed E-state index contributed by atoms with van der Waals surface area (Å²) in [7, 11) is -3.86. The number of halogens is 1. The van der Waals surface area contributed by atoms with Crippen LogP contribution in [-0.2, 0) is 16.6 Å². The second-order valence-corrected chi connectivity index (χ2v) is 10.6. The first-order valence-electron chi connectivity index (χ1n) is 10.9. The summed E-state index contributed by atoms with van der Waals surface area (Å²) in [5, 5.41) is 4.62. The summed E-state index contributed by atoms with van der Waals surface area (Å²) >= 11 is 6.00. The third-order valence-electron chi connectivity index (χ3n) is 6.03. The van der Waals surface area contributed by atoms with Crippen LogP contribution in [0.1, 0.15) is 51.0 Å². The summed E-state index contributed by atoms with van der Waals surface area (Å²) in [4.78, 5) is 0. The van der Waals surface area contributed by atoms with Crippen molar-refractivity contribution in [2.45, 2.75) is 63.1 Å². The molecule has 31 heavy (non-hydrogen) atoms. The maximum absolute atomic E-state index is 13.0. The highest BCUT2D eigenvalue weighted by atomic mass is 35.5. The Balaban J connectivity index is 1.44. The fraction of sp³-hybridized carbons (Fsp3) is 0.417. The molecule has 1 atom stereocenters. The van der Waals surface area contributed by atoms with Crippen LogP contribution in [0.25, 0.3) is 11.0 Å². The quantitative estimate of drug-likeness (QED) is 0.411. The van der Waals surface area contributed by atoms with Crippen molar-refractivity contribution in [3.63, 3.8) is 0 Å². The number of hydrogen-bond donors (Lipinski definition) is 2. The van der Waals surface area contributed by atoms with Crippen LogP contribution in [0.4, 0.5) is 5.69 Å². The molecule has 1 aliphatic rings. The molecule has 166 valence electrons. The summed E-state index contributed by atoms with van der Waals surface area (Å²) in [6.45, 7) is 2.81. The molecule has 1 aromatic heterocycles. The monoisotopic (exact) mass is 460 g/mol. The molecule has 1 saturated carbocycles. The lowest BCUT2D eigenvalue weighted by Crippen LogP contribution is -2.29. The van der Waals surface area contributed by atoms with E-state index in [9.17, 15) is 8.42 Å². The van der Waals surface area contributed by atoms with Crippen LogP contribution in [-0.4, -0.2) is 14.5 Å². The Hall–Kier alpha value is -2.02. The van der Waals surface area contributed by atoms with Gasteiger partial charge in [0.15, 0.2) is 0 Å². The fourth-order valence-corrected chi connectivity index (χ4v) is 5.63. The predicted octanol–water partition coefficient (Wildman–Crippen LogP) is 6.34. The summed E-state index contributed by atoms with van der Waals surface area (Å²) < 4.78 is 34.1. The number of anilines is 1. The molecule has 1 fully saturated rings. The Bertz CT molecular complexity index is 1140. The van der Waals surface area contributed by atoms with Gasteiger partial charge in [-0.25, -0.2) is 0 Å². The molecule has 1 aliphatic carbocycles. The molecule has 7 heteroatoms. The summed E-state index contributed by atoms with van der Waals surface area (Å²) in [6, 6.07) is 14.4. The highest BCUT2D eigenvalue weighted by molar-refractivity contribution is 7.92. The molecule has 0 amide bonds. The molecular formula is C24H29ClN2O3S. The SMILES string of the molecule is C[C@@H](CC1CCCCC1)NCc1ccccc1NS(=O)(=O)c1cc2cc(Cl)ccc2o1. The van der Waals surface area contributed by atoms with Gasteiger partial charge in [-0.2, -0.15) is 8.42 Å². The van der Waals surface area contributed by atoms with Crippen molar-refractivity contribution < 1.29 is 12.8 Å². The number of furan rings is 1. The second kappa shape index (κ2) is 9.63. The molecule has 2 aromatic carbocycles. The molecule has 3 aromatic rings. The minimum absolute atomic E-state index is 0.127. The minimum atomic E-state index is -3.86. The lowest BCUT2D eigenvalue weighted by molar-refractivity contribution is 0.305. The zero-order valence-corrected chi connectivity index (χ0v) is 19.3. The lowest BCUT2D eigenvalue weighted by Gasteiger charge is -2.25. The zero-order valence-electron chi connectivity index (χ0n) is 17.7. The van der Waals surface area contributed by atoms with Gasteiger partial charge in [0.25, 0.3) is 10.0 Å². The smallest absolute Gasteiger partial charge is 0.295 e. The van der Waals surface area contributed by atoms with Gasteiger partial charge in [0, 0.05) is 29.1 Å². The predicted molar refractivity (Wildman–Crippen MR) is 126 cm³/mol. The van der Waals surface area contributed by atoms with Gasteiger partial charge >= 0.3 is 0 Å². The van der Waals surface area contributed by atoms with E-state index in [2.05, 4.69) is 17.0 Å². The first-order chi connectivity index (χ1) is 14.9. The number of fused-ring (bicyclic) bond motifs is 1. The van der Waals surface area contributed by atoms with E-state index in [0.717, 1.165) is 17.9 Å². The number of hydrogen-bond acceptors (Lipinski definition) is 4. The van der Waals surface area contributed by atoms with Crippen molar-refractivity contribution in [2.24, 2.45) is 5.92 Å². The van der Waals surface area contributed by atoms with Gasteiger partial charge in [0.05, 0.1) is 5.69 Å². The standard InChI is InChI=1S/C24H29ClN2O3S/c1-17(13-18-7-3-2-4-8-18)26-16-19-9-5-6-10-22(19)27-31(28,29)24-15-20-14-21(25)11-12-23(20)30-24/h5-6,9-12,14-15,17-18,26-27H,2-4,7-8,13,16H2,1H3/t17-/m0/s1. The van der Waals surface area contributed by atoms with Crippen LogP contribution < -0.4 is 10.0 Å². The number of para-hydroxylation sites is 1. The van der Waals surface area contributed by atoms with Gasteiger partial charge in [-0.05, 0) is 49.1 Å². The Morgan fingerprint density at radius 2 is 1.87 bits per heavy atom. The summed E-state index contributed by atoms with van der Waals surface area (Å²) in [5.41, 5.74) is 1.94. The molecular weight excluding hydrogens is 432 g/mol. The van der Waals surface area contributed by atoms with Crippen molar-refractivity contribution in [3.05, 3.63) is 59.1 Å². The Labute approximate surface area is 189 Å². The molecule has 0 radical (unpaired) electrons. The van der Waals surface area contributed by atoms with Crippen molar-refractivity contribution >= 4 is 38.3 Å². The van der Waals surface area contributed by atoms with Crippen molar-refractivity contribution in [1.29, 1.82) is 0 Å². The third-order valence-corrected chi connectivity index (χ3v) is 7.49. The lowest BCUT2D eigenvalue weighted by atomic mass is 9.85. The first kappa shape index (κ1) is 22.2. The number of nitrogens with one attached hydrogen (secondary N) is 2. The Kier molecular flexibility index (Phi) is 6.89. The summed E-state index contributed by atoms with van der Waals surface area (Å²) in [5.74, 6) is 0.798. The second-order valence-electron chi connectivity index (χ2n) is 8.53. The first-order valence-corrected chi connectivity index (χ1v) is 12.8. The van der Waals surface area contributed by atoms with E-state index in [-0.39, 0.29) is 5.09 Å². The molecule has 5 nitrogen and oxygen atoms in total. The van der Waals surface area contributed by atoms with Gasteiger partial charge in [-0.15, -0.1) is 0 Å². The van der Waals surface area contributed by atoms with Crippen LogP contribution in [0.15, 0.2) is 58.0 Å². The van der Waals surface area contributed by atoms with Gasteiger partial charge in [0.2, 0.25) is 5.09 Å². The van der Waals surface area contributed by atoms with E-state index in [1.54, 1.807) is 24.3 Å². The normalized spacial score (nSPS) is 16.5. The largest absolute Gasteiger partial charge is 0.443 e. The van der Waals surface area contributed by atoms with Crippen LogP contribution >= 0.6 is 11.6 Å². The van der Waals surface area contributed by atoms with E-state index >= 15 is 0 Å². The van der Waals surface area contributed by atoms with Crippen molar-refractivity contribution in [1.82, 2.24) is 5.32 Å². The molecule has 1 heterocycles. The van der Waals surface area contributed by atoms with Crippen molar-refractivity contribution in [2.75, 3.05) is 4.72 Å². The van der Waals surface area contributed by atoms with Gasteiger partial charge < -0.3 is 9.73 Å².